The van der Waals surface area contributed by atoms with Crippen molar-refractivity contribution in [2.45, 2.75) is 40.0 Å². The highest BCUT2D eigenvalue weighted by Crippen LogP contribution is 2.30. The molecule has 2 aromatic heterocycles. The number of nitrogens with one attached hydrogen (secondary N) is 1. The molecule has 0 saturated heterocycles. The highest BCUT2D eigenvalue weighted by Gasteiger charge is 2.35. The van der Waals surface area contributed by atoms with Gasteiger partial charge in [-0.25, -0.2) is 4.68 Å². The van der Waals surface area contributed by atoms with E-state index in [9.17, 15) is 18.0 Å². The molecule has 0 bridgehead atoms. The zero-order chi connectivity index (χ0) is 18.8. The van der Waals surface area contributed by atoms with Crippen molar-refractivity contribution < 1.29 is 18.0 Å². The largest absolute Gasteiger partial charge is 0.433 e. The molecule has 1 atom stereocenters. The number of hydrogen-bond acceptors (Lipinski definition) is 4. The monoisotopic (exact) mass is 358 g/mol. The van der Waals surface area contributed by atoms with Gasteiger partial charge in [0.25, 0.3) is 0 Å². The van der Waals surface area contributed by atoms with Gasteiger partial charge in [0.05, 0.1) is 11.4 Å². The average molecular weight is 358 g/mol. The Bertz CT molecular complexity index is 749. The maximum atomic E-state index is 13.0. The fourth-order valence-electron chi connectivity index (χ4n) is 2.44. The van der Waals surface area contributed by atoms with Gasteiger partial charge in [-0.1, -0.05) is 6.92 Å². The Morgan fingerprint density at radius 2 is 1.84 bits per heavy atom. The summed E-state index contributed by atoms with van der Waals surface area (Å²) in [6, 6.07) is 2.66. The lowest BCUT2D eigenvalue weighted by atomic mass is 10.2. The molecule has 0 aliphatic rings. The topological polar surface area (TPSA) is 90.8 Å². The normalized spacial score (nSPS) is 13.0. The van der Waals surface area contributed by atoms with Crippen LogP contribution in [0.25, 0.3) is 0 Å². The number of halogens is 3. The summed E-state index contributed by atoms with van der Waals surface area (Å²) in [5.41, 5.74) is 5.92. The number of amides is 1. The van der Waals surface area contributed by atoms with E-state index >= 15 is 0 Å². The Morgan fingerprint density at radius 3 is 2.40 bits per heavy atom. The highest BCUT2D eigenvalue weighted by atomic mass is 19.4. The molecule has 0 aliphatic carbocycles. The number of aryl methyl sites for hydroxylation is 2. The van der Waals surface area contributed by atoms with Crippen molar-refractivity contribution in [3.8, 4) is 0 Å². The Labute approximate surface area is 143 Å². The summed E-state index contributed by atoms with van der Waals surface area (Å²) in [6.07, 6.45) is -4.46. The molecule has 0 spiro atoms. The first-order valence-electron chi connectivity index (χ1n) is 7.74. The lowest BCUT2D eigenvalue weighted by Crippen LogP contribution is -2.33. The molecule has 0 aliphatic heterocycles. The number of anilines is 1. The summed E-state index contributed by atoms with van der Waals surface area (Å²) in [5, 5.41) is 10.6. The maximum Gasteiger partial charge on any atom is 0.433 e. The van der Waals surface area contributed by atoms with Gasteiger partial charge in [0.15, 0.2) is 0 Å². The van der Waals surface area contributed by atoms with Crippen molar-refractivity contribution in [3.05, 3.63) is 29.2 Å². The van der Waals surface area contributed by atoms with E-state index in [2.05, 4.69) is 15.5 Å². The number of nitrogen functional groups attached to an aromatic ring is 1. The van der Waals surface area contributed by atoms with Gasteiger partial charge < -0.3 is 11.1 Å². The third-order valence-corrected chi connectivity index (χ3v) is 3.55. The van der Waals surface area contributed by atoms with Crippen LogP contribution in [0.15, 0.2) is 12.1 Å². The number of hydrogen-bond donors (Lipinski definition) is 2. The van der Waals surface area contributed by atoms with Gasteiger partial charge in [-0.3, -0.25) is 9.48 Å². The van der Waals surface area contributed by atoms with Crippen LogP contribution in [0.1, 0.15) is 24.0 Å². The minimum atomic E-state index is -4.46. The molecule has 0 fully saturated rings. The molecular formula is C15H21F3N6O. The number of alkyl halides is 3. The van der Waals surface area contributed by atoms with Crippen LogP contribution in [0, 0.1) is 19.8 Å². The van der Waals surface area contributed by atoms with Crippen LogP contribution in [0.2, 0.25) is 0 Å². The molecule has 1 unspecified atom stereocenters. The number of carbonyl (C=O) groups excluding carboxylic acids is 1. The van der Waals surface area contributed by atoms with Gasteiger partial charge in [-0.05, 0) is 25.8 Å². The maximum absolute atomic E-state index is 13.0. The van der Waals surface area contributed by atoms with Crippen molar-refractivity contribution in [2.75, 3.05) is 12.3 Å². The molecule has 138 valence electrons. The molecule has 2 heterocycles. The number of rotatable bonds is 6. The van der Waals surface area contributed by atoms with E-state index in [1.165, 1.54) is 11.6 Å². The van der Waals surface area contributed by atoms with Crippen LogP contribution in [0.3, 0.4) is 0 Å². The van der Waals surface area contributed by atoms with Gasteiger partial charge in [0.2, 0.25) is 5.91 Å². The molecule has 25 heavy (non-hydrogen) atoms. The number of aromatic nitrogens is 4. The van der Waals surface area contributed by atoms with E-state index in [1.54, 1.807) is 19.9 Å². The summed E-state index contributed by atoms with van der Waals surface area (Å²) in [7, 11) is 0. The highest BCUT2D eigenvalue weighted by molar-refractivity contribution is 5.76. The van der Waals surface area contributed by atoms with E-state index in [0.717, 1.165) is 10.7 Å². The van der Waals surface area contributed by atoms with E-state index in [4.69, 9.17) is 5.73 Å². The van der Waals surface area contributed by atoms with Crippen molar-refractivity contribution >= 4 is 11.7 Å². The van der Waals surface area contributed by atoms with Gasteiger partial charge in [-0.15, -0.1) is 0 Å². The summed E-state index contributed by atoms with van der Waals surface area (Å²) < 4.78 is 41.2. The summed E-state index contributed by atoms with van der Waals surface area (Å²) in [5.74, 6) is -0.169. The molecular weight excluding hydrogens is 337 g/mol. The summed E-state index contributed by atoms with van der Waals surface area (Å²) in [4.78, 5) is 11.9. The van der Waals surface area contributed by atoms with Crippen LogP contribution >= 0.6 is 0 Å². The predicted molar refractivity (Wildman–Crippen MR) is 85.5 cm³/mol. The Kier molecular flexibility index (Phi) is 5.39. The predicted octanol–water partition coefficient (Wildman–Crippen LogP) is 1.75. The van der Waals surface area contributed by atoms with Gasteiger partial charge in [0, 0.05) is 19.2 Å². The van der Waals surface area contributed by atoms with Crippen molar-refractivity contribution in [2.24, 2.45) is 5.92 Å². The van der Waals surface area contributed by atoms with Crippen LogP contribution in [-0.2, 0) is 24.1 Å². The Balaban J connectivity index is 1.90. The van der Waals surface area contributed by atoms with E-state index in [1.807, 2.05) is 0 Å². The smallest absolute Gasteiger partial charge is 0.384 e. The fraction of sp³-hybridized carbons (Fsp3) is 0.533. The standard InChI is InChI=1S/C15H21F3N6O/c1-9(7-23-12(15(16,17)18)4-10(2)21-23)6-20-14(25)8-24-13(19)5-11(3)22-24/h4-5,9H,6-8,19H2,1-3H3,(H,20,25). The molecule has 0 saturated carbocycles. The van der Waals surface area contributed by atoms with Crippen LogP contribution in [0.5, 0.6) is 0 Å². The first kappa shape index (κ1) is 18.8. The van der Waals surface area contributed by atoms with Gasteiger partial charge in [-0.2, -0.15) is 23.4 Å². The molecule has 3 N–H and O–H groups in total. The second kappa shape index (κ2) is 7.16. The third kappa shape index (κ3) is 4.97. The van der Waals surface area contributed by atoms with Gasteiger partial charge >= 0.3 is 6.18 Å². The second-order valence-electron chi connectivity index (χ2n) is 6.13. The first-order chi connectivity index (χ1) is 11.6. The van der Waals surface area contributed by atoms with E-state index in [-0.39, 0.29) is 31.5 Å². The molecule has 0 radical (unpaired) electrons. The van der Waals surface area contributed by atoms with Gasteiger partial charge in [0.1, 0.15) is 18.1 Å². The second-order valence-corrected chi connectivity index (χ2v) is 6.13. The van der Waals surface area contributed by atoms with Crippen molar-refractivity contribution in [1.29, 1.82) is 0 Å². The fourth-order valence-corrected chi connectivity index (χ4v) is 2.44. The molecule has 2 aromatic rings. The van der Waals surface area contributed by atoms with Crippen molar-refractivity contribution in [1.82, 2.24) is 24.9 Å². The van der Waals surface area contributed by atoms with Crippen LogP contribution < -0.4 is 11.1 Å². The number of nitrogens with two attached hydrogens (primary N) is 1. The zero-order valence-electron chi connectivity index (χ0n) is 14.3. The SMILES string of the molecule is Cc1cc(N)n(CC(=O)NCC(C)Cn2nc(C)cc2C(F)(F)F)n1. The quantitative estimate of drug-likeness (QED) is 0.823. The molecule has 7 nitrogen and oxygen atoms in total. The molecule has 0 aromatic carbocycles. The minimum Gasteiger partial charge on any atom is -0.384 e. The van der Waals surface area contributed by atoms with Crippen LogP contribution in [-0.4, -0.2) is 32.0 Å². The van der Waals surface area contributed by atoms with E-state index < -0.39 is 11.9 Å². The zero-order valence-corrected chi connectivity index (χ0v) is 14.3. The Morgan fingerprint density at radius 1 is 1.24 bits per heavy atom. The van der Waals surface area contributed by atoms with E-state index in [0.29, 0.717) is 17.2 Å². The van der Waals surface area contributed by atoms with Crippen LogP contribution in [0.4, 0.5) is 19.0 Å². The molecule has 10 heteroatoms. The lowest BCUT2D eigenvalue weighted by molar-refractivity contribution is -0.144. The summed E-state index contributed by atoms with van der Waals surface area (Å²) >= 11 is 0. The average Bonchev–Trinajstić information content (AvgIpc) is 2.99. The number of carbonyl (C=O) groups is 1. The minimum absolute atomic E-state index is 0.0406. The Hall–Kier alpha value is -2.52. The lowest BCUT2D eigenvalue weighted by Gasteiger charge is -2.16. The van der Waals surface area contributed by atoms with Crippen molar-refractivity contribution in [3.63, 3.8) is 0 Å². The first-order valence-corrected chi connectivity index (χ1v) is 7.74. The molecule has 1 amide bonds. The third-order valence-electron chi connectivity index (χ3n) is 3.55. The molecule has 2 rings (SSSR count). The number of nitrogens with zero attached hydrogens (tertiary/aromatic N) is 4. The summed E-state index contributed by atoms with van der Waals surface area (Å²) in [6.45, 7) is 5.23.